The molecule has 0 bridgehead atoms. The number of rotatable bonds is 7. The van der Waals surface area contributed by atoms with E-state index in [0.29, 0.717) is 12.5 Å². The topological polar surface area (TPSA) is 60.0 Å². The molecule has 2 unspecified atom stereocenters. The first-order valence-electron chi connectivity index (χ1n) is 11.9. The molecule has 0 spiro atoms. The van der Waals surface area contributed by atoms with E-state index in [1.165, 1.54) is 11.1 Å². The minimum Gasteiger partial charge on any atom is -0.489 e. The summed E-state index contributed by atoms with van der Waals surface area (Å²) in [5, 5.41) is 13.8. The Hall–Kier alpha value is -3.28. The van der Waals surface area contributed by atoms with Gasteiger partial charge in [-0.2, -0.15) is 0 Å². The molecule has 0 fully saturated rings. The molecule has 5 heteroatoms. The number of benzene rings is 3. The van der Waals surface area contributed by atoms with Crippen molar-refractivity contribution < 1.29 is 19.3 Å². The van der Waals surface area contributed by atoms with E-state index in [1.54, 1.807) is 0 Å². The van der Waals surface area contributed by atoms with Gasteiger partial charge in [-0.3, -0.25) is 0 Å². The van der Waals surface area contributed by atoms with E-state index in [1.807, 2.05) is 30.3 Å². The Morgan fingerprint density at radius 1 is 1.06 bits per heavy atom. The summed E-state index contributed by atoms with van der Waals surface area (Å²) in [6.45, 7) is 5.88. The second-order valence-corrected chi connectivity index (χ2v) is 8.93. The van der Waals surface area contributed by atoms with Gasteiger partial charge < -0.3 is 24.6 Å². The number of aliphatic hydroxyl groups is 1. The number of nitrogens with one attached hydrogen (secondary N) is 1. The van der Waals surface area contributed by atoms with Gasteiger partial charge >= 0.3 is 0 Å². The molecule has 0 aliphatic carbocycles. The van der Waals surface area contributed by atoms with Gasteiger partial charge in [0, 0.05) is 12.1 Å². The zero-order chi connectivity index (χ0) is 23.5. The molecule has 2 aliphatic heterocycles. The highest BCUT2D eigenvalue weighted by Gasteiger charge is 2.26. The molecule has 3 aromatic carbocycles. The van der Waals surface area contributed by atoms with Crippen LogP contribution in [0.1, 0.15) is 58.7 Å². The molecule has 0 amide bonds. The Labute approximate surface area is 201 Å². The molecule has 34 heavy (non-hydrogen) atoms. The van der Waals surface area contributed by atoms with Crippen LogP contribution in [0.4, 0.5) is 0 Å². The Morgan fingerprint density at radius 3 is 2.62 bits per heavy atom. The maximum atomic E-state index is 10.1. The summed E-state index contributed by atoms with van der Waals surface area (Å²) in [5.74, 6) is 2.76. The van der Waals surface area contributed by atoms with E-state index in [0.717, 1.165) is 52.5 Å². The normalized spacial score (nSPS) is 18.8. The van der Waals surface area contributed by atoms with Gasteiger partial charge in [-0.15, -0.1) is 0 Å². The number of aryl methyl sites for hydroxylation is 1. The molecule has 0 saturated carbocycles. The second-order valence-electron chi connectivity index (χ2n) is 8.93. The van der Waals surface area contributed by atoms with Crippen LogP contribution < -0.4 is 19.5 Å². The van der Waals surface area contributed by atoms with Crippen molar-refractivity contribution >= 4 is 6.08 Å². The zero-order valence-corrected chi connectivity index (χ0v) is 19.7. The average molecular weight is 458 g/mol. The maximum absolute atomic E-state index is 10.1. The van der Waals surface area contributed by atoms with Crippen LogP contribution >= 0.6 is 0 Å². The molecule has 2 N–H and O–H groups in total. The molecule has 176 valence electrons. The third-order valence-corrected chi connectivity index (χ3v) is 6.75. The number of hydrogen-bond acceptors (Lipinski definition) is 5. The number of fused-ring (bicyclic) bond motifs is 2. The minimum atomic E-state index is -0.0636. The first-order chi connectivity index (χ1) is 16.7. The quantitative estimate of drug-likeness (QED) is 0.480. The van der Waals surface area contributed by atoms with Gasteiger partial charge in [0.25, 0.3) is 0 Å². The Kier molecular flexibility index (Phi) is 6.57. The van der Waals surface area contributed by atoms with Crippen LogP contribution in [0.5, 0.6) is 17.2 Å². The Balaban J connectivity index is 1.44. The third kappa shape index (κ3) is 4.54. The van der Waals surface area contributed by atoms with Gasteiger partial charge in [0.15, 0.2) is 11.5 Å². The molecule has 0 aromatic heterocycles. The molecule has 0 saturated heterocycles. The maximum Gasteiger partial charge on any atom is 0.231 e. The smallest absolute Gasteiger partial charge is 0.231 e. The van der Waals surface area contributed by atoms with Crippen molar-refractivity contribution in [1.82, 2.24) is 5.32 Å². The average Bonchev–Trinajstić information content (AvgIpc) is 3.33. The molecule has 2 atom stereocenters. The van der Waals surface area contributed by atoms with Gasteiger partial charge in [0.2, 0.25) is 6.79 Å². The Morgan fingerprint density at radius 2 is 1.85 bits per heavy atom. The molecular weight excluding hydrogens is 426 g/mol. The lowest BCUT2D eigenvalue weighted by molar-refractivity contribution is 0.174. The van der Waals surface area contributed by atoms with Crippen LogP contribution in [0.2, 0.25) is 0 Å². The highest BCUT2D eigenvalue weighted by molar-refractivity contribution is 5.62. The fourth-order valence-corrected chi connectivity index (χ4v) is 4.74. The zero-order valence-electron chi connectivity index (χ0n) is 19.7. The van der Waals surface area contributed by atoms with E-state index >= 15 is 0 Å². The van der Waals surface area contributed by atoms with Crippen molar-refractivity contribution in [3.8, 4) is 17.2 Å². The fourth-order valence-electron chi connectivity index (χ4n) is 4.74. The van der Waals surface area contributed by atoms with Crippen LogP contribution in [0, 0.1) is 6.92 Å². The Bertz CT molecular complexity index is 1190. The predicted octanol–water partition coefficient (Wildman–Crippen LogP) is 5.65. The fraction of sp³-hybridized carbons (Fsp3) is 0.310. The number of hydrogen-bond donors (Lipinski definition) is 2. The van der Waals surface area contributed by atoms with E-state index < -0.39 is 0 Å². The third-order valence-electron chi connectivity index (χ3n) is 6.75. The summed E-state index contributed by atoms with van der Waals surface area (Å²) in [4.78, 5) is 0. The largest absolute Gasteiger partial charge is 0.489 e. The van der Waals surface area contributed by atoms with Crippen molar-refractivity contribution in [2.75, 3.05) is 13.3 Å². The lowest BCUT2D eigenvalue weighted by atomic mass is 9.83. The summed E-state index contributed by atoms with van der Waals surface area (Å²) in [6, 6.07) is 18.5. The monoisotopic (exact) mass is 457 g/mol. The van der Waals surface area contributed by atoms with Gasteiger partial charge in [-0.05, 0) is 71.3 Å². The van der Waals surface area contributed by atoms with E-state index in [4.69, 9.17) is 14.2 Å². The molecule has 3 aromatic rings. The van der Waals surface area contributed by atoms with Crippen LogP contribution in [0.3, 0.4) is 0 Å². The first kappa shape index (κ1) is 22.5. The van der Waals surface area contributed by atoms with Crippen LogP contribution in [-0.2, 0) is 13.2 Å². The molecule has 2 aliphatic rings. The van der Waals surface area contributed by atoms with E-state index in [9.17, 15) is 5.11 Å². The summed E-state index contributed by atoms with van der Waals surface area (Å²) in [6.07, 6.45) is 5.37. The van der Waals surface area contributed by atoms with Crippen LogP contribution in [0.25, 0.3) is 6.08 Å². The van der Waals surface area contributed by atoms with Crippen molar-refractivity contribution in [3.63, 3.8) is 0 Å². The molecule has 5 nitrogen and oxygen atoms in total. The van der Waals surface area contributed by atoms with Gasteiger partial charge in [-0.25, -0.2) is 0 Å². The molecule has 5 rings (SSSR count). The van der Waals surface area contributed by atoms with Crippen molar-refractivity contribution in [2.45, 2.75) is 45.4 Å². The summed E-state index contributed by atoms with van der Waals surface area (Å²) in [5.41, 5.74) is 6.66. The van der Waals surface area contributed by atoms with E-state index in [2.05, 4.69) is 55.6 Å². The predicted molar refractivity (Wildman–Crippen MR) is 133 cm³/mol. The standard InChI is InChI=1S/C29H31NO4/c1-3-21-15-30-26(10-9-22-13-29-28(11-19(22)2)33-18-34-29)25-12-23(16-31)27(14-24(21)25)32-17-20-7-5-4-6-8-20/h4-14,21,26,30-31H,3,15-18H2,1-2H3/b10-9+. The number of ether oxygens (including phenoxy) is 3. The lowest BCUT2D eigenvalue weighted by Crippen LogP contribution is -2.32. The minimum absolute atomic E-state index is 0.0519. The molecule has 0 radical (unpaired) electrons. The highest BCUT2D eigenvalue weighted by atomic mass is 16.7. The SMILES string of the molecule is CCC1CNC(/C=C/c2cc3c(cc2C)OCO3)c2cc(CO)c(OCc3ccccc3)cc21. The first-order valence-corrected chi connectivity index (χ1v) is 11.9. The van der Waals surface area contributed by atoms with Crippen molar-refractivity contribution in [1.29, 1.82) is 0 Å². The van der Waals surface area contributed by atoms with Gasteiger partial charge in [0.1, 0.15) is 12.4 Å². The van der Waals surface area contributed by atoms with E-state index in [-0.39, 0.29) is 19.4 Å². The number of aliphatic hydroxyl groups excluding tert-OH is 1. The van der Waals surface area contributed by atoms with Crippen molar-refractivity contribution in [2.24, 2.45) is 0 Å². The summed E-state index contributed by atoms with van der Waals surface area (Å²) in [7, 11) is 0. The van der Waals surface area contributed by atoms with Crippen LogP contribution in [-0.4, -0.2) is 18.4 Å². The van der Waals surface area contributed by atoms with Crippen LogP contribution in [0.15, 0.2) is 60.7 Å². The van der Waals surface area contributed by atoms with Gasteiger partial charge in [0.05, 0.1) is 12.6 Å². The molecular formula is C29H31NO4. The second kappa shape index (κ2) is 9.92. The van der Waals surface area contributed by atoms with Crippen molar-refractivity contribution in [3.05, 3.63) is 94.1 Å². The lowest BCUT2D eigenvalue weighted by Gasteiger charge is -2.32. The summed E-state index contributed by atoms with van der Waals surface area (Å²) >= 11 is 0. The molecule has 2 heterocycles. The van der Waals surface area contributed by atoms with Gasteiger partial charge in [-0.1, -0.05) is 49.4 Å². The summed E-state index contributed by atoms with van der Waals surface area (Å²) < 4.78 is 17.2. The highest BCUT2D eigenvalue weighted by Crippen LogP contribution is 2.39.